The van der Waals surface area contributed by atoms with Crippen LogP contribution in [0.3, 0.4) is 0 Å². The van der Waals surface area contributed by atoms with E-state index in [1.165, 1.54) is 17.2 Å². The maximum atomic E-state index is 12.6. The average Bonchev–Trinajstić information content (AvgIpc) is 3.38. The van der Waals surface area contributed by atoms with Gasteiger partial charge in [0.1, 0.15) is 17.8 Å². The van der Waals surface area contributed by atoms with Crippen molar-refractivity contribution in [3.8, 4) is 5.75 Å². The van der Waals surface area contributed by atoms with E-state index in [-0.39, 0.29) is 12.7 Å². The van der Waals surface area contributed by atoms with E-state index in [2.05, 4.69) is 20.5 Å². The summed E-state index contributed by atoms with van der Waals surface area (Å²) in [6.45, 7) is 0.458. The molecule has 4 aromatic rings. The van der Waals surface area contributed by atoms with E-state index in [1.807, 2.05) is 30.3 Å². The topological polar surface area (TPSA) is 86.9 Å². The van der Waals surface area contributed by atoms with Gasteiger partial charge >= 0.3 is 0 Å². The smallest absolute Gasteiger partial charge is 0.276 e. The van der Waals surface area contributed by atoms with Crippen molar-refractivity contribution in [2.24, 2.45) is 0 Å². The molecule has 0 bridgehead atoms. The lowest BCUT2D eigenvalue weighted by molar-refractivity contribution is 0.100. The van der Waals surface area contributed by atoms with Crippen LogP contribution in [-0.4, -0.2) is 30.5 Å². The molecule has 10 heteroatoms. The summed E-state index contributed by atoms with van der Waals surface area (Å²) in [5, 5.41) is 12.2. The number of halogens is 2. The van der Waals surface area contributed by atoms with Crippen molar-refractivity contribution in [3.63, 3.8) is 0 Å². The number of aromatic nitrogens is 5. The summed E-state index contributed by atoms with van der Waals surface area (Å²) >= 11 is 12.3. The van der Waals surface area contributed by atoms with Crippen molar-refractivity contribution in [2.45, 2.75) is 13.3 Å². The van der Waals surface area contributed by atoms with Gasteiger partial charge in [-0.15, -0.1) is 5.10 Å². The predicted molar refractivity (Wildman–Crippen MR) is 113 cm³/mol. The second kappa shape index (κ2) is 8.98. The van der Waals surface area contributed by atoms with Gasteiger partial charge in [0, 0.05) is 11.2 Å². The van der Waals surface area contributed by atoms with Crippen molar-refractivity contribution in [1.29, 1.82) is 0 Å². The molecule has 2 heterocycles. The van der Waals surface area contributed by atoms with Crippen LogP contribution in [0.15, 0.2) is 67.1 Å². The Balaban J connectivity index is 1.40. The molecule has 0 saturated heterocycles. The minimum absolute atomic E-state index is 0.0217. The zero-order chi connectivity index (χ0) is 20.9. The standard InChI is InChI=1S/C20H16Cl2N6O2/c21-15-6-2-1-5-14(15)11-27-12-23-20(26-27)25-19(29)17-9-10-24-28(17)13-30-18-8-4-3-7-16(18)22/h1-10,12H,11,13H2,(H,25,26,29). The highest BCUT2D eigenvalue weighted by Gasteiger charge is 2.15. The Morgan fingerprint density at radius 2 is 1.80 bits per heavy atom. The molecule has 1 amide bonds. The SMILES string of the molecule is O=C(Nc1ncn(Cc2ccccc2Cl)n1)c1ccnn1COc1ccccc1Cl. The molecule has 30 heavy (non-hydrogen) atoms. The van der Waals surface area contributed by atoms with E-state index >= 15 is 0 Å². The Hall–Kier alpha value is -3.36. The van der Waals surface area contributed by atoms with Gasteiger partial charge in [0.15, 0.2) is 6.73 Å². The molecule has 2 aromatic carbocycles. The second-order valence-electron chi connectivity index (χ2n) is 6.23. The number of para-hydroxylation sites is 1. The Bertz CT molecular complexity index is 1170. The fourth-order valence-electron chi connectivity index (χ4n) is 2.72. The van der Waals surface area contributed by atoms with E-state index < -0.39 is 5.91 Å². The predicted octanol–water partition coefficient (Wildman–Crippen LogP) is 4.12. The van der Waals surface area contributed by atoms with Crippen LogP contribution < -0.4 is 10.1 Å². The Morgan fingerprint density at radius 1 is 1.03 bits per heavy atom. The molecular weight excluding hydrogens is 427 g/mol. The highest BCUT2D eigenvalue weighted by atomic mass is 35.5. The molecule has 0 atom stereocenters. The number of benzene rings is 2. The van der Waals surface area contributed by atoms with Crippen molar-refractivity contribution < 1.29 is 9.53 Å². The monoisotopic (exact) mass is 442 g/mol. The Morgan fingerprint density at radius 3 is 2.60 bits per heavy atom. The van der Waals surface area contributed by atoms with E-state index in [4.69, 9.17) is 27.9 Å². The summed E-state index contributed by atoms with van der Waals surface area (Å²) in [7, 11) is 0. The van der Waals surface area contributed by atoms with Gasteiger partial charge in [0.25, 0.3) is 5.91 Å². The number of hydrogen-bond donors (Lipinski definition) is 1. The number of rotatable bonds is 7. The lowest BCUT2D eigenvalue weighted by Gasteiger charge is -2.10. The second-order valence-corrected chi connectivity index (χ2v) is 7.05. The van der Waals surface area contributed by atoms with Crippen molar-refractivity contribution >= 4 is 35.1 Å². The molecular formula is C20H16Cl2N6O2. The minimum atomic E-state index is -0.411. The normalized spacial score (nSPS) is 10.7. The lowest BCUT2D eigenvalue weighted by Crippen LogP contribution is -2.20. The molecule has 0 aliphatic heterocycles. The zero-order valence-corrected chi connectivity index (χ0v) is 17.1. The van der Waals surface area contributed by atoms with Crippen LogP contribution in [0.5, 0.6) is 5.75 Å². The van der Waals surface area contributed by atoms with Gasteiger partial charge in [0.05, 0.1) is 11.6 Å². The fraction of sp³-hybridized carbons (Fsp3) is 0.100. The van der Waals surface area contributed by atoms with Crippen LogP contribution in [0.4, 0.5) is 5.95 Å². The molecule has 0 radical (unpaired) electrons. The molecule has 8 nitrogen and oxygen atoms in total. The molecule has 0 aliphatic rings. The zero-order valence-electron chi connectivity index (χ0n) is 15.6. The summed E-state index contributed by atoms with van der Waals surface area (Å²) in [5.74, 6) is 0.263. The number of anilines is 1. The average molecular weight is 443 g/mol. The van der Waals surface area contributed by atoms with Gasteiger partial charge in [0.2, 0.25) is 5.95 Å². The maximum Gasteiger partial charge on any atom is 0.276 e. The molecule has 152 valence electrons. The fourth-order valence-corrected chi connectivity index (χ4v) is 3.10. The largest absolute Gasteiger partial charge is 0.470 e. The van der Waals surface area contributed by atoms with Crippen LogP contribution in [-0.2, 0) is 13.3 Å². The summed E-state index contributed by atoms with van der Waals surface area (Å²) in [5.41, 5.74) is 1.20. The number of carbonyl (C=O) groups excluding carboxylic acids is 1. The molecule has 2 aromatic heterocycles. The minimum Gasteiger partial charge on any atom is -0.470 e. The third kappa shape index (κ3) is 4.61. The third-order valence-corrected chi connectivity index (χ3v) is 4.86. The van der Waals surface area contributed by atoms with Crippen LogP contribution >= 0.6 is 23.2 Å². The van der Waals surface area contributed by atoms with Gasteiger partial charge < -0.3 is 4.74 Å². The van der Waals surface area contributed by atoms with Gasteiger partial charge in [-0.25, -0.2) is 14.3 Å². The Kier molecular flexibility index (Phi) is 5.97. The number of carbonyl (C=O) groups is 1. The molecule has 1 N–H and O–H groups in total. The Labute approximate surface area is 182 Å². The van der Waals surface area contributed by atoms with Crippen LogP contribution in [0.2, 0.25) is 10.0 Å². The van der Waals surface area contributed by atoms with Gasteiger partial charge in [-0.1, -0.05) is 53.5 Å². The molecule has 0 unspecified atom stereocenters. The number of hydrogen-bond acceptors (Lipinski definition) is 5. The maximum absolute atomic E-state index is 12.6. The highest BCUT2D eigenvalue weighted by Crippen LogP contribution is 2.23. The lowest BCUT2D eigenvalue weighted by atomic mass is 10.2. The van der Waals surface area contributed by atoms with Gasteiger partial charge in [-0.05, 0) is 29.8 Å². The van der Waals surface area contributed by atoms with E-state index in [0.717, 1.165) is 5.56 Å². The van der Waals surface area contributed by atoms with Crippen LogP contribution in [0.25, 0.3) is 0 Å². The van der Waals surface area contributed by atoms with E-state index in [1.54, 1.807) is 28.9 Å². The summed E-state index contributed by atoms with van der Waals surface area (Å²) in [4.78, 5) is 16.8. The van der Waals surface area contributed by atoms with Crippen molar-refractivity contribution in [1.82, 2.24) is 24.5 Å². The van der Waals surface area contributed by atoms with Crippen molar-refractivity contribution in [3.05, 3.63) is 88.4 Å². The van der Waals surface area contributed by atoms with Crippen LogP contribution in [0, 0.1) is 0 Å². The molecule has 0 fully saturated rings. The summed E-state index contributed by atoms with van der Waals surface area (Å²) in [6, 6.07) is 16.1. The first-order chi connectivity index (χ1) is 14.6. The number of ether oxygens (including phenoxy) is 1. The first-order valence-electron chi connectivity index (χ1n) is 8.93. The number of amides is 1. The molecule has 0 aliphatic carbocycles. The van der Waals surface area contributed by atoms with Gasteiger partial charge in [-0.3, -0.25) is 10.1 Å². The quantitative estimate of drug-likeness (QED) is 0.465. The molecule has 4 rings (SSSR count). The van der Waals surface area contributed by atoms with E-state index in [0.29, 0.717) is 28.0 Å². The van der Waals surface area contributed by atoms with Crippen molar-refractivity contribution in [2.75, 3.05) is 5.32 Å². The summed E-state index contributed by atoms with van der Waals surface area (Å²) in [6.07, 6.45) is 3.03. The number of nitrogens with zero attached hydrogens (tertiary/aromatic N) is 5. The third-order valence-electron chi connectivity index (χ3n) is 4.18. The highest BCUT2D eigenvalue weighted by molar-refractivity contribution is 6.32. The van der Waals surface area contributed by atoms with Crippen LogP contribution in [0.1, 0.15) is 16.1 Å². The first kappa shape index (κ1) is 19.9. The number of nitrogens with one attached hydrogen (secondary N) is 1. The summed E-state index contributed by atoms with van der Waals surface area (Å²) < 4.78 is 8.65. The van der Waals surface area contributed by atoms with Gasteiger partial charge in [-0.2, -0.15) is 5.10 Å². The molecule has 0 saturated carbocycles. The first-order valence-corrected chi connectivity index (χ1v) is 9.69. The van der Waals surface area contributed by atoms with E-state index in [9.17, 15) is 4.79 Å². The molecule has 0 spiro atoms.